The summed E-state index contributed by atoms with van der Waals surface area (Å²) in [6.45, 7) is 0.0737. The number of likely N-dealkylation sites (N-methyl/N-ethyl adjacent to an activating group) is 1. The molecular weight excluding hydrogens is 226 g/mol. The van der Waals surface area contributed by atoms with Crippen LogP contribution in [-0.2, 0) is 23.1 Å². The van der Waals surface area contributed by atoms with E-state index in [1.165, 1.54) is 4.68 Å². The molecule has 1 heterocycles. The van der Waals surface area contributed by atoms with Crippen LogP contribution in [-0.4, -0.2) is 51.6 Å². The van der Waals surface area contributed by atoms with Gasteiger partial charge < -0.3 is 15.7 Å². The fourth-order valence-corrected chi connectivity index (χ4v) is 1.30. The van der Waals surface area contributed by atoms with Crippen molar-refractivity contribution in [3.05, 3.63) is 11.9 Å². The molecule has 94 valence electrons. The minimum atomic E-state index is -1.10. The van der Waals surface area contributed by atoms with Gasteiger partial charge in [0.2, 0.25) is 5.91 Å². The van der Waals surface area contributed by atoms with Crippen LogP contribution < -0.4 is 10.6 Å². The summed E-state index contributed by atoms with van der Waals surface area (Å²) < 4.78 is 1.48. The summed E-state index contributed by atoms with van der Waals surface area (Å²) in [5.41, 5.74) is 0.518. The van der Waals surface area contributed by atoms with Crippen LogP contribution >= 0.6 is 0 Å². The predicted molar refractivity (Wildman–Crippen MR) is 58.2 cm³/mol. The molecule has 1 rings (SSSR count). The van der Waals surface area contributed by atoms with Crippen molar-refractivity contribution in [2.45, 2.75) is 12.5 Å². The van der Waals surface area contributed by atoms with Gasteiger partial charge in [0.05, 0.1) is 12.2 Å². The highest BCUT2D eigenvalue weighted by Gasteiger charge is 2.21. The topological polar surface area (TPSA) is 109 Å². The Morgan fingerprint density at radius 2 is 2.29 bits per heavy atom. The predicted octanol–water partition coefficient (Wildman–Crippen LogP) is -1.85. The van der Waals surface area contributed by atoms with E-state index in [9.17, 15) is 9.59 Å². The lowest BCUT2D eigenvalue weighted by Crippen LogP contribution is -2.45. The number of aryl methyl sites for hydroxylation is 1. The Morgan fingerprint density at radius 3 is 2.76 bits per heavy atom. The van der Waals surface area contributed by atoms with Gasteiger partial charge in [-0.25, -0.2) is 4.79 Å². The van der Waals surface area contributed by atoms with Gasteiger partial charge in [-0.3, -0.25) is 9.48 Å². The van der Waals surface area contributed by atoms with Crippen LogP contribution in [0.5, 0.6) is 0 Å². The van der Waals surface area contributed by atoms with Gasteiger partial charge in [0.15, 0.2) is 0 Å². The number of carbonyl (C=O) groups is 2. The van der Waals surface area contributed by atoms with E-state index >= 15 is 0 Å². The molecule has 17 heavy (non-hydrogen) atoms. The standard InChI is InChI=1S/C9H15N5O3/c1-10-4-8(15)11-7(9(16)17)3-6-5-14(2)13-12-6/h5,7,10H,3-4H2,1-2H3,(H,11,15)(H,16,17)/t7-/m0/s1. The lowest BCUT2D eigenvalue weighted by Gasteiger charge is -2.12. The molecule has 0 saturated carbocycles. The number of aliphatic carboxylic acids is 1. The quantitative estimate of drug-likeness (QED) is 0.539. The maximum absolute atomic E-state index is 11.3. The molecule has 1 atom stereocenters. The van der Waals surface area contributed by atoms with Crippen molar-refractivity contribution in [2.75, 3.05) is 13.6 Å². The number of aromatic nitrogens is 3. The molecule has 0 saturated heterocycles. The maximum Gasteiger partial charge on any atom is 0.326 e. The zero-order valence-electron chi connectivity index (χ0n) is 9.67. The SMILES string of the molecule is CNCC(=O)N[C@@H](Cc1cn(C)nn1)C(=O)O. The number of rotatable bonds is 6. The first-order valence-corrected chi connectivity index (χ1v) is 5.05. The third-order valence-corrected chi connectivity index (χ3v) is 2.03. The zero-order chi connectivity index (χ0) is 12.8. The first kappa shape index (κ1) is 13.1. The number of nitrogens with one attached hydrogen (secondary N) is 2. The van der Waals surface area contributed by atoms with Gasteiger partial charge in [0.1, 0.15) is 6.04 Å². The summed E-state index contributed by atoms with van der Waals surface area (Å²) in [5.74, 6) is -1.47. The second-order valence-corrected chi connectivity index (χ2v) is 3.58. The molecule has 0 fully saturated rings. The van der Waals surface area contributed by atoms with Gasteiger partial charge in [0.25, 0.3) is 0 Å². The third kappa shape index (κ3) is 4.19. The summed E-state index contributed by atoms with van der Waals surface area (Å²) in [6, 6.07) is -0.993. The molecule has 0 spiro atoms. The molecule has 0 aliphatic carbocycles. The number of carboxylic acid groups (broad SMARTS) is 1. The Kier molecular flexibility index (Phi) is 4.58. The van der Waals surface area contributed by atoms with E-state index in [0.717, 1.165) is 0 Å². The van der Waals surface area contributed by atoms with Crippen LogP contribution in [0.3, 0.4) is 0 Å². The summed E-state index contributed by atoms with van der Waals surface area (Å²) in [4.78, 5) is 22.2. The molecular formula is C9H15N5O3. The summed E-state index contributed by atoms with van der Waals surface area (Å²) in [6.07, 6.45) is 1.72. The van der Waals surface area contributed by atoms with Gasteiger partial charge in [-0.15, -0.1) is 5.10 Å². The average Bonchev–Trinajstić information content (AvgIpc) is 2.63. The molecule has 1 aromatic rings. The highest BCUT2D eigenvalue weighted by Crippen LogP contribution is 1.98. The molecule has 8 heteroatoms. The molecule has 0 aliphatic rings. The number of hydrogen-bond acceptors (Lipinski definition) is 5. The van der Waals surface area contributed by atoms with Crippen molar-refractivity contribution in [1.29, 1.82) is 0 Å². The van der Waals surface area contributed by atoms with Crippen molar-refractivity contribution in [3.8, 4) is 0 Å². The van der Waals surface area contributed by atoms with E-state index in [1.54, 1.807) is 20.3 Å². The van der Waals surface area contributed by atoms with Crippen molar-refractivity contribution >= 4 is 11.9 Å². The Bertz CT molecular complexity index is 403. The second-order valence-electron chi connectivity index (χ2n) is 3.58. The zero-order valence-corrected chi connectivity index (χ0v) is 9.67. The minimum absolute atomic E-state index is 0.0737. The molecule has 0 aliphatic heterocycles. The van der Waals surface area contributed by atoms with E-state index < -0.39 is 12.0 Å². The number of amides is 1. The Morgan fingerprint density at radius 1 is 1.59 bits per heavy atom. The molecule has 0 radical (unpaired) electrons. The molecule has 0 unspecified atom stereocenters. The fourth-order valence-electron chi connectivity index (χ4n) is 1.30. The molecule has 8 nitrogen and oxygen atoms in total. The Hall–Kier alpha value is -1.96. The van der Waals surface area contributed by atoms with E-state index in [2.05, 4.69) is 20.9 Å². The normalized spacial score (nSPS) is 12.1. The minimum Gasteiger partial charge on any atom is -0.480 e. The van der Waals surface area contributed by atoms with Crippen LogP contribution in [0, 0.1) is 0 Å². The van der Waals surface area contributed by atoms with Crippen molar-refractivity contribution in [1.82, 2.24) is 25.6 Å². The van der Waals surface area contributed by atoms with Gasteiger partial charge >= 0.3 is 5.97 Å². The van der Waals surface area contributed by atoms with Gasteiger partial charge in [0, 0.05) is 19.7 Å². The van der Waals surface area contributed by atoms with Crippen molar-refractivity contribution in [2.24, 2.45) is 7.05 Å². The van der Waals surface area contributed by atoms with E-state index in [0.29, 0.717) is 5.69 Å². The van der Waals surface area contributed by atoms with E-state index in [4.69, 9.17) is 5.11 Å². The van der Waals surface area contributed by atoms with Crippen LogP contribution in [0.2, 0.25) is 0 Å². The smallest absolute Gasteiger partial charge is 0.326 e. The van der Waals surface area contributed by atoms with Gasteiger partial charge in [-0.05, 0) is 7.05 Å². The first-order chi connectivity index (χ1) is 8.02. The third-order valence-electron chi connectivity index (χ3n) is 2.03. The number of carbonyl (C=O) groups excluding carboxylic acids is 1. The van der Waals surface area contributed by atoms with E-state index in [1.807, 2.05) is 0 Å². The fraction of sp³-hybridized carbons (Fsp3) is 0.556. The molecule has 1 aromatic heterocycles. The molecule has 3 N–H and O–H groups in total. The Balaban J connectivity index is 2.60. The molecule has 0 aromatic carbocycles. The van der Waals surface area contributed by atoms with Gasteiger partial charge in [-0.2, -0.15) is 0 Å². The van der Waals surface area contributed by atoms with Crippen LogP contribution in [0.4, 0.5) is 0 Å². The summed E-state index contributed by atoms with van der Waals surface area (Å²) >= 11 is 0. The largest absolute Gasteiger partial charge is 0.480 e. The lowest BCUT2D eigenvalue weighted by atomic mass is 10.1. The number of hydrogen-bond donors (Lipinski definition) is 3. The number of nitrogens with zero attached hydrogens (tertiary/aromatic N) is 3. The second kappa shape index (κ2) is 5.94. The Labute approximate surface area is 98.0 Å². The van der Waals surface area contributed by atoms with Crippen LogP contribution in [0.15, 0.2) is 6.20 Å². The van der Waals surface area contributed by atoms with Crippen molar-refractivity contribution in [3.63, 3.8) is 0 Å². The number of carboxylic acids is 1. The van der Waals surface area contributed by atoms with Crippen molar-refractivity contribution < 1.29 is 14.7 Å². The summed E-state index contributed by atoms with van der Waals surface area (Å²) in [7, 11) is 3.30. The molecule has 1 amide bonds. The highest BCUT2D eigenvalue weighted by atomic mass is 16.4. The average molecular weight is 241 g/mol. The lowest BCUT2D eigenvalue weighted by molar-refractivity contribution is -0.141. The van der Waals surface area contributed by atoms with E-state index in [-0.39, 0.29) is 18.9 Å². The monoisotopic (exact) mass is 241 g/mol. The summed E-state index contributed by atoms with van der Waals surface area (Å²) in [5, 5.41) is 21.5. The molecule has 0 bridgehead atoms. The van der Waals surface area contributed by atoms with Crippen LogP contribution in [0.25, 0.3) is 0 Å². The van der Waals surface area contributed by atoms with Gasteiger partial charge in [-0.1, -0.05) is 5.21 Å². The first-order valence-electron chi connectivity index (χ1n) is 5.05. The van der Waals surface area contributed by atoms with Crippen LogP contribution in [0.1, 0.15) is 5.69 Å². The highest BCUT2D eigenvalue weighted by molar-refractivity contribution is 5.84. The maximum atomic E-state index is 11.3.